The van der Waals surface area contributed by atoms with Crippen LogP contribution in [0.2, 0.25) is 0 Å². The third kappa shape index (κ3) is 3.48. The fourth-order valence-corrected chi connectivity index (χ4v) is 1.58. The summed E-state index contributed by atoms with van der Waals surface area (Å²) >= 11 is 0. The van der Waals surface area contributed by atoms with Crippen LogP contribution in [0.4, 0.5) is 5.95 Å². The highest BCUT2D eigenvalue weighted by Gasteiger charge is 2.07. The van der Waals surface area contributed by atoms with Crippen molar-refractivity contribution >= 4 is 11.9 Å². The molecular formula is C13H14N4O2. The molecule has 0 aliphatic carbocycles. The second-order valence-corrected chi connectivity index (χ2v) is 4.10. The van der Waals surface area contributed by atoms with Crippen LogP contribution in [0.1, 0.15) is 15.9 Å². The van der Waals surface area contributed by atoms with Gasteiger partial charge < -0.3 is 10.0 Å². The van der Waals surface area contributed by atoms with E-state index in [0.717, 1.165) is 13.0 Å². The summed E-state index contributed by atoms with van der Waals surface area (Å²) in [6.45, 7) is 0.746. The molecular weight excluding hydrogens is 244 g/mol. The van der Waals surface area contributed by atoms with Gasteiger partial charge in [0.15, 0.2) is 0 Å². The van der Waals surface area contributed by atoms with E-state index in [-0.39, 0.29) is 5.56 Å². The number of likely N-dealkylation sites (N-methyl/N-ethyl adjacent to an activating group) is 1. The summed E-state index contributed by atoms with van der Waals surface area (Å²) in [6, 6.07) is 3.92. The van der Waals surface area contributed by atoms with Gasteiger partial charge in [-0.2, -0.15) is 0 Å². The van der Waals surface area contributed by atoms with Gasteiger partial charge in [0.25, 0.3) is 0 Å². The van der Waals surface area contributed by atoms with Crippen LogP contribution in [0.5, 0.6) is 0 Å². The van der Waals surface area contributed by atoms with Gasteiger partial charge in [0.2, 0.25) is 5.95 Å². The molecule has 0 atom stereocenters. The van der Waals surface area contributed by atoms with Crippen molar-refractivity contribution in [1.82, 2.24) is 15.0 Å². The average molecular weight is 258 g/mol. The molecule has 0 aliphatic heterocycles. The molecule has 2 heterocycles. The lowest BCUT2D eigenvalue weighted by atomic mass is 10.2. The zero-order valence-electron chi connectivity index (χ0n) is 10.5. The van der Waals surface area contributed by atoms with Crippen molar-refractivity contribution < 1.29 is 9.90 Å². The Bertz CT molecular complexity index is 542. The van der Waals surface area contributed by atoms with Gasteiger partial charge in [-0.15, -0.1) is 0 Å². The third-order valence-corrected chi connectivity index (χ3v) is 2.71. The quantitative estimate of drug-likeness (QED) is 0.869. The van der Waals surface area contributed by atoms with Crippen molar-refractivity contribution in [1.29, 1.82) is 0 Å². The van der Waals surface area contributed by atoms with Gasteiger partial charge in [0, 0.05) is 38.4 Å². The van der Waals surface area contributed by atoms with Crippen LogP contribution in [0.3, 0.4) is 0 Å². The zero-order chi connectivity index (χ0) is 13.7. The minimum Gasteiger partial charge on any atom is -0.478 e. The van der Waals surface area contributed by atoms with Gasteiger partial charge in [0.1, 0.15) is 0 Å². The predicted octanol–water partition coefficient (Wildman–Crippen LogP) is 1.25. The SMILES string of the molecule is CN(CCc1ccncc1)c1ncc(C(=O)O)cn1. The molecule has 0 spiro atoms. The molecule has 2 aromatic heterocycles. The molecule has 0 fully saturated rings. The van der Waals surface area contributed by atoms with E-state index in [1.165, 1.54) is 18.0 Å². The Hall–Kier alpha value is -2.50. The van der Waals surface area contributed by atoms with Crippen LogP contribution in [-0.4, -0.2) is 39.6 Å². The van der Waals surface area contributed by atoms with Gasteiger partial charge in [-0.1, -0.05) is 0 Å². The molecule has 2 rings (SSSR count). The summed E-state index contributed by atoms with van der Waals surface area (Å²) in [6.07, 6.45) is 6.99. The molecule has 0 bridgehead atoms. The molecule has 98 valence electrons. The van der Waals surface area contributed by atoms with E-state index < -0.39 is 5.97 Å². The van der Waals surface area contributed by atoms with Crippen molar-refractivity contribution in [2.24, 2.45) is 0 Å². The van der Waals surface area contributed by atoms with E-state index in [2.05, 4.69) is 15.0 Å². The Labute approximate surface area is 110 Å². The summed E-state index contributed by atoms with van der Waals surface area (Å²) in [5.41, 5.74) is 1.27. The number of rotatable bonds is 5. The highest BCUT2D eigenvalue weighted by Crippen LogP contribution is 2.07. The number of hydrogen-bond donors (Lipinski definition) is 1. The Morgan fingerprint density at radius 1 is 1.26 bits per heavy atom. The molecule has 6 nitrogen and oxygen atoms in total. The van der Waals surface area contributed by atoms with Crippen LogP contribution < -0.4 is 4.90 Å². The summed E-state index contributed by atoms with van der Waals surface area (Å²) < 4.78 is 0. The van der Waals surface area contributed by atoms with Crippen LogP contribution in [0.25, 0.3) is 0 Å². The standard InChI is InChI=1S/C13H14N4O2/c1-17(7-4-10-2-5-14-6-3-10)13-15-8-11(9-16-13)12(18)19/h2-3,5-6,8-9H,4,7H2,1H3,(H,18,19). The minimum absolute atomic E-state index is 0.0892. The molecule has 0 saturated carbocycles. The first-order chi connectivity index (χ1) is 9.16. The van der Waals surface area contributed by atoms with Crippen LogP contribution >= 0.6 is 0 Å². The normalized spacial score (nSPS) is 10.2. The number of aromatic nitrogens is 3. The average Bonchev–Trinajstić information content (AvgIpc) is 2.46. The number of carboxylic acids is 1. The molecule has 6 heteroatoms. The first-order valence-electron chi connectivity index (χ1n) is 5.82. The molecule has 1 N–H and O–H groups in total. The van der Waals surface area contributed by atoms with Gasteiger partial charge in [-0.25, -0.2) is 14.8 Å². The van der Waals surface area contributed by atoms with E-state index in [0.29, 0.717) is 5.95 Å². The Kier molecular flexibility index (Phi) is 4.02. The first kappa shape index (κ1) is 12.9. The van der Waals surface area contributed by atoms with E-state index in [4.69, 9.17) is 5.11 Å². The monoisotopic (exact) mass is 258 g/mol. The van der Waals surface area contributed by atoms with Crippen molar-refractivity contribution in [2.45, 2.75) is 6.42 Å². The highest BCUT2D eigenvalue weighted by atomic mass is 16.4. The molecule has 0 saturated heterocycles. The van der Waals surface area contributed by atoms with Gasteiger partial charge >= 0.3 is 5.97 Å². The largest absolute Gasteiger partial charge is 0.478 e. The van der Waals surface area contributed by atoms with Gasteiger partial charge in [-0.05, 0) is 24.1 Å². The maximum absolute atomic E-state index is 10.7. The van der Waals surface area contributed by atoms with Gasteiger partial charge in [-0.3, -0.25) is 4.98 Å². The number of aromatic carboxylic acids is 1. The van der Waals surface area contributed by atoms with Crippen molar-refractivity contribution in [3.05, 3.63) is 48.0 Å². The maximum Gasteiger partial charge on any atom is 0.338 e. The summed E-state index contributed by atoms with van der Waals surface area (Å²) in [5, 5.41) is 8.77. The van der Waals surface area contributed by atoms with Crippen molar-refractivity contribution in [2.75, 3.05) is 18.5 Å². The number of anilines is 1. The maximum atomic E-state index is 10.7. The summed E-state index contributed by atoms with van der Waals surface area (Å²) in [5.74, 6) is -0.509. The number of pyridine rings is 1. The second-order valence-electron chi connectivity index (χ2n) is 4.10. The highest BCUT2D eigenvalue weighted by molar-refractivity contribution is 5.86. The Balaban J connectivity index is 1.96. The van der Waals surface area contributed by atoms with Crippen molar-refractivity contribution in [3.63, 3.8) is 0 Å². The zero-order valence-corrected chi connectivity index (χ0v) is 10.5. The number of carboxylic acid groups (broad SMARTS) is 1. The van der Waals surface area contributed by atoms with Crippen LogP contribution in [0.15, 0.2) is 36.9 Å². The third-order valence-electron chi connectivity index (χ3n) is 2.71. The molecule has 0 radical (unpaired) electrons. The lowest BCUT2D eigenvalue weighted by Gasteiger charge is -2.16. The lowest BCUT2D eigenvalue weighted by molar-refractivity contribution is 0.0696. The number of nitrogens with zero attached hydrogens (tertiary/aromatic N) is 4. The van der Waals surface area contributed by atoms with Crippen LogP contribution in [0, 0.1) is 0 Å². The van der Waals surface area contributed by atoms with E-state index in [1.54, 1.807) is 12.4 Å². The molecule has 19 heavy (non-hydrogen) atoms. The van der Waals surface area contributed by atoms with E-state index >= 15 is 0 Å². The van der Waals surface area contributed by atoms with E-state index in [1.807, 2.05) is 24.1 Å². The smallest absolute Gasteiger partial charge is 0.338 e. The predicted molar refractivity (Wildman–Crippen MR) is 70.2 cm³/mol. The lowest BCUT2D eigenvalue weighted by Crippen LogP contribution is -2.22. The summed E-state index contributed by atoms with van der Waals surface area (Å²) in [4.78, 5) is 24.6. The molecule has 2 aromatic rings. The summed E-state index contributed by atoms with van der Waals surface area (Å²) in [7, 11) is 1.87. The van der Waals surface area contributed by atoms with Gasteiger partial charge in [0.05, 0.1) is 5.56 Å². The molecule has 0 aliphatic rings. The molecule has 0 unspecified atom stereocenters. The van der Waals surface area contributed by atoms with Crippen LogP contribution in [-0.2, 0) is 6.42 Å². The minimum atomic E-state index is -1.02. The van der Waals surface area contributed by atoms with E-state index in [9.17, 15) is 4.79 Å². The number of carbonyl (C=O) groups is 1. The molecule has 0 amide bonds. The first-order valence-corrected chi connectivity index (χ1v) is 5.82. The molecule has 0 aromatic carbocycles. The topological polar surface area (TPSA) is 79.2 Å². The Morgan fingerprint density at radius 2 is 1.89 bits per heavy atom. The fourth-order valence-electron chi connectivity index (χ4n) is 1.58. The second kappa shape index (κ2) is 5.90. The Morgan fingerprint density at radius 3 is 2.47 bits per heavy atom. The fraction of sp³-hybridized carbons (Fsp3) is 0.231. The number of hydrogen-bond acceptors (Lipinski definition) is 5. The van der Waals surface area contributed by atoms with Crippen molar-refractivity contribution in [3.8, 4) is 0 Å².